The van der Waals surface area contributed by atoms with Gasteiger partial charge in [0.15, 0.2) is 0 Å². The molecule has 0 bridgehead atoms. The maximum Gasteiger partial charge on any atom is 0.251 e. The van der Waals surface area contributed by atoms with E-state index < -0.39 is 0 Å². The molecule has 2 aromatic carbocycles. The first kappa shape index (κ1) is 18.5. The molecule has 1 heterocycles. The van der Waals surface area contributed by atoms with E-state index >= 15 is 0 Å². The van der Waals surface area contributed by atoms with Gasteiger partial charge in [0.25, 0.3) is 5.91 Å². The van der Waals surface area contributed by atoms with Gasteiger partial charge in [-0.25, -0.2) is 0 Å². The molecule has 1 saturated heterocycles. The van der Waals surface area contributed by atoms with E-state index in [9.17, 15) is 9.90 Å². The van der Waals surface area contributed by atoms with Crippen LogP contribution >= 0.6 is 12.4 Å². The Morgan fingerprint density at radius 1 is 1.08 bits per heavy atom. The number of amides is 1. The van der Waals surface area contributed by atoms with E-state index in [1.54, 1.807) is 0 Å². The number of aliphatic hydroxyl groups excluding tert-OH is 1. The molecule has 0 radical (unpaired) electrons. The van der Waals surface area contributed by atoms with Gasteiger partial charge in [-0.15, -0.1) is 12.4 Å². The van der Waals surface area contributed by atoms with Crippen LogP contribution in [0.25, 0.3) is 0 Å². The van der Waals surface area contributed by atoms with Gasteiger partial charge in [-0.3, -0.25) is 4.79 Å². The van der Waals surface area contributed by atoms with Gasteiger partial charge in [-0.1, -0.05) is 48.5 Å². The Kier molecular flexibility index (Phi) is 6.79. The zero-order valence-electron chi connectivity index (χ0n) is 13.4. The average molecular weight is 347 g/mol. The molecule has 24 heavy (non-hydrogen) atoms. The van der Waals surface area contributed by atoms with Gasteiger partial charge >= 0.3 is 0 Å². The molecule has 1 aliphatic rings. The number of hydrogen-bond acceptors (Lipinski definition) is 3. The van der Waals surface area contributed by atoms with Crippen molar-refractivity contribution >= 4 is 18.3 Å². The molecule has 3 rings (SSSR count). The Hall–Kier alpha value is -1.88. The van der Waals surface area contributed by atoms with Crippen molar-refractivity contribution in [3.8, 4) is 0 Å². The molecule has 4 nitrogen and oxygen atoms in total. The highest BCUT2D eigenvalue weighted by Crippen LogP contribution is 2.15. The largest absolute Gasteiger partial charge is 0.391 e. The SMILES string of the molecule is Cl.O=C(NCC1CNCC1O)c1ccccc1Cc1ccccc1. The fraction of sp³-hybridized carbons (Fsp3) is 0.316. The van der Waals surface area contributed by atoms with Crippen LogP contribution in [0.15, 0.2) is 54.6 Å². The number of aliphatic hydroxyl groups is 1. The summed E-state index contributed by atoms with van der Waals surface area (Å²) in [7, 11) is 0. The summed E-state index contributed by atoms with van der Waals surface area (Å²) in [6, 6.07) is 17.8. The van der Waals surface area contributed by atoms with Crippen LogP contribution in [0.2, 0.25) is 0 Å². The summed E-state index contributed by atoms with van der Waals surface area (Å²) in [5.74, 6) is 0.0101. The number of carbonyl (C=O) groups is 1. The lowest BCUT2D eigenvalue weighted by Crippen LogP contribution is -2.34. The number of β-amino-alcohol motifs (C(OH)–C–C–N with tert-alkyl or cyclic N) is 1. The third-order valence-corrected chi connectivity index (χ3v) is 4.33. The first-order valence-electron chi connectivity index (χ1n) is 8.03. The van der Waals surface area contributed by atoms with Gasteiger partial charge in [0.2, 0.25) is 0 Å². The van der Waals surface area contributed by atoms with Crippen LogP contribution in [-0.4, -0.2) is 36.8 Å². The van der Waals surface area contributed by atoms with Gasteiger partial charge in [0.05, 0.1) is 6.10 Å². The molecule has 0 saturated carbocycles. The molecule has 5 heteroatoms. The quantitative estimate of drug-likeness (QED) is 0.776. The van der Waals surface area contributed by atoms with Gasteiger partial charge in [0, 0.05) is 31.1 Å². The second kappa shape index (κ2) is 8.83. The van der Waals surface area contributed by atoms with Gasteiger partial charge in [-0.05, 0) is 23.6 Å². The smallest absolute Gasteiger partial charge is 0.251 e. The summed E-state index contributed by atoms with van der Waals surface area (Å²) in [5.41, 5.74) is 2.90. The zero-order valence-corrected chi connectivity index (χ0v) is 14.3. The minimum atomic E-state index is -0.380. The Morgan fingerprint density at radius 2 is 1.79 bits per heavy atom. The predicted molar refractivity (Wildman–Crippen MR) is 97.6 cm³/mol. The Balaban J connectivity index is 0.00000208. The maximum absolute atomic E-state index is 12.5. The number of hydrogen-bond donors (Lipinski definition) is 3. The number of carbonyl (C=O) groups excluding carboxylic acids is 1. The molecule has 0 spiro atoms. The highest BCUT2D eigenvalue weighted by molar-refractivity contribution is 5.95. The molecule has 2 unspecified atom stereocenters. The molecular weight excluding hydrogens is 324 g/mol. The molecule has 2 aromatic rings. The molecule has 0 aliphatic carbocycles. The molecule has 2 atom stereocenters. The first-order chi connectivity index (χ1) is 11.2. The molecular formula is C19H23ClN2O2. The van der Waals surface area contributed by atoms with Gasteiger partial charge < -0.3 is 15.7 Å². The molecule has 1 amide bonds. The number of halogens is 1. The van der Waals surface area contributed by atoms with Crippen molar-refractivity contribution in [3.63, 3.8) is 0 Å². The third-order valence-electron chi connectivity index (χ3n) is 4.33. The standard InChI is InChI=1S/C19H22N2O2.ClH/c22-18-13-20-11-16(18)12-21-19(23)17-9-5-4-8-15(17)10-14-6-2-1-3-7-14;/h1-9,16,18,20,22H,10-13H2,(H,21,23);1H. The van der Waals surface area contributed by atoms with Crippen LogP contribution in [0.1, 0.15) is 21.5 Å². The lowest BCUT2D eigenvalue weighted by Gasteiger charge is -2.15. The van der Waals surface area contributed by atoms with Crippen LogP contribution in [0.4, 0.5) is 0 Å². The fourth-order valence-electron chi connectivity index (χ4n) is 2.96. The van der Waals surface area contributed by atoms with Crippen LogP contribution in [0.3, 0.4) is 0 Å². The van der Waals surface area contributed by atoms with Crippen LogP contribution in [0, 0.1) is 5.92 Å². The monoisotopic (exact) mass is 346 g/mol. The highest BCUT2D eigenvalue weighted by Gasteiger charge is 2.25. The summed E-state index contributed by atoms with van der Waals surface area (Å²) < 4.78 is 0. The second-order valence-electron chi connectivity index (χ2n) is 6.02. The second-order valence-corrected chi connectivity index (χ2v) is 6.02. The normalized spacial score (nSPS) is 19.5. The van der Waals surface area contributed by atoms with Crippen LogP contribution < -0.4 is 10.6 Å². The van der Waals surface area contributed by atoms with E-state index in [1.807, 2.05) is 42.5 Å². The summed E-state index contributed by atoms with van der Waals surface area (Å²) in [4.78, 5) is 12.5. The predicted octanol–water partition coefficient (Wildman–Crippen LogP) is 2.01. The van der Waals surface area contributed by atoms with Gasteiger partial charge in [-0.2, -0.15) is 0 Å². The van der Waals surface area contributed by atoms with Crippen molar-refractivity contribution in [1.29, 1.82) is 0 Å². The van der Waals surface area contributed by atoms with E-state index in [1.165, 1.54) is 5.56 Å². The zero-order chi connectivity index (χ0) is 16.1. The minimum absolute atomic E-state index is 0. The summed E-state index contributed by atoms with van der Waals surface area (Å²) in [6.45, 7) is 1.84. The van der Waals surface area contributed by atoms with Crippen molar-refractivity contribution in [3.05, 3.63) is 71.3 Å². The molecule has 3 N–H and O–H groups in total. The molecule has 1 aliphatic heterocycles. The van der Waals surface area contributed by atoms with E-state index in [0.717, 1.165) is 18.5 Å². The Bertz CT molecular complexity index is 663. The summed E-state index contributed by atoms with van der Waals surface area (Å²) >= 11 is 0. The van der Waals surface area contributed by atoms with Crippen molar-refractivity contribution in [2.75, 3.05) is 19.6 Å². The minimum Gasteiger partial charge on any atom is -0.391 e. The third kappa shape index (κ3) is 4.57. The lowest BCUT2D eigenvalue weighted by molar-refractivity contribution is 0.0926. The Morgan fingerprint density at radius 3 is 2.50 bits per heavy atom. The summed E-state index contributed by atoms with van der Waals surface area (Å²) in [6.07, 6.45) is 0.354. The van der Waals surface area contributed by atoms with Crippen molar-refractivity contribution in [2.24, 2.45) is 5.92 Å². The average Bonchev–Trinajstić information content (AvgIpc) is 2.99. The Labute approximate surface area is 148 Å². The maximum atomic E-state index is 12.5. The molecule has 1 fully saturated rings. The van der Waals surface area contributed by atoms with Crippen molar-refractivity contribution < 1.29 is 9.90 Å². The van der Waals surface area contributed by atoms with E-state index in [-0.39, 0.29) is 30.3 Å². The number of nitrogens with one attached hydrogen (secondary N) is 2. The van der Waals surface area contributed by atoms with E-state index in [4.69, 9.17) is 0 Å². The van der Waals surface area contributed by atoms with Crippen LogP contribution in [-0.2, 0) is 6.42 Å². The van der Waals surface area contributed by atoms with E-state index in [0.29, 0.717) is 18.7 Å². The highest BCUT2D eigenvalue weighted by atomic mass is 35.5. The molecule has 0 aromatic heterocycles. The number of benzene rings is 2. The van der Waals surface area contributed by atoms with Crippen molar-refractivity contribution in [2.45, 2.75) is 12.5 Å². The van der Waals surface area contributed by atoms with Gasteiger partial charge in [0.1, 0.15) is 0 Å². The lowest BCUT2D eigenvalue weighted by atomic mass is 9.99. The first-order valence-corrected chi connectivity index (χ1v) is 8.03. The summed E-state index contributed by atoms with van der Waals surface area (Å²) in [5, 5.41) is 15.9. The van der Waals surface area contributed by atoms with E-state index in [2.05, 4.69) is 22.8 Å². The fourth-order valence-corrected chi connectivity index (χ4v) is 2.96. The van der Waals surface area contributed by atoms with Crippen molar-refractivity contribution in [1.82, 2.24) is 10.6 Å². The van der Waals surface area contributed by atoms with Crippen LogP contribution in [0.5, 0.6) is 0 Å². The molecule has 128 valence electrons. The number of rotatable bonds is 5. The topological polar surface area (TPSA) is 61.4 Å².